The summed E-state index contributed by atoms with van der Waals surface area (Å²) in [7, 11) is -3.97. The van der Waals surface area contributed by atoms with Crippen LogP contribution in [0.3, 0.4) is 0 Å². The molecule has 158 valence electrons. The fourth-order valence-corrected chi connectivity index (χ4v) is 4.89. The number of anilines is 1. The van der Waals surface area contributed by atoms with Crippen molar-refractivity contribution in [2.75, 3.05) is 11.3 Å². The van der Waals surface area contributed by atoms with E-state index in [1.54, 1.807) is 25.1 Å². The summed E-state index contributed by atoms with van der Waals surface area (Å²) in [5, 5.41) is 2.81. The Bertz CT molecular complexity index is 1310. The number of hydrogen-bond donors (Lipinski definition) is 1. The first kappa shape index (κ1) is 21.0. The predicted molar refractivity (Wildman–Crippen MR) is 121 cm³/mol. The first-order chi connectivity index (χ1) is 15.0. The highest BCUT2D eigenvalue weighted by molar-refractivity contribution is 7.92. The number of aromatic nitrogens is 1. The highest BCUT2D eigenvalue weighted by Crippen LogP contribution is 2.30. The third-order valence-corrected chi connectivity index (χ3v) is 6.72. The second-order valence-corrected chi connectivity index (χ2v) is 9.16. The smallest absolute Gasteiger partial charge is 0.262 e. The van der Waals surface area contributed by atoms with Gasteiger partial charge in [-0.25, -0.2) is 17.8 Å². The lowest BCUT2D eigenvalue weighted by Gasteiger charge is -2.11. The van der Waals surface area contributed by atoms with Gasteiger partial charge < -0.3 is 4.74 Å². The fraction of sp³-hybridized carbons (Fsp3) is 0.0870. The Balaban J connectivity index is 1.58. The Morgan fingerprint density at radius 2 is 1.77 bits per heavy atom. The van der Waals surface area contributed by atoms with Crippen LogP contribution in [-0.2, 0) is 10.0 Å². The molecule has 0 unspecified atom stereocenters. The van der Waals surface area contributed by atoms with Crippen LogP contribution in [0.4, 0.5) is 10.1 Å². The van der Waals surface area contributed by atoms with Gasteiger partial charge in [0.15, 0.2) is 11.6 Å². The minimum atomic E-state index is -3.97. The normalized spacial score (nSPS) is 11.3. The highest BCUT2D eigenvalue weighted by atomic mass is 32.2. The van der Waals surface area contributed by atoms with Crippen LogP contribution in [0.15, 0.2) is 83.1 Å². The minimum Gasteiger partial charge on any atom is -0.491 e. The molecule has 0 aliphatic carbocycles. The number of rotatable bonds is 7. The maximum Gasteiger partial charge on any atom is 0.262 e. The summed E-state index contributed by atoms with van der Waals surface area (Å²) < 4.78 is 47.2. The van der Waals surface area contributed by atoms with E-state index in [0.717, 1.165) is 27.9 Å². The zero-order chi connectivity index (χ0) is 21.8. The van der Waals surface area contributed by atoms with Crippen LogP contribution >= 0.6 is 11.3 Å². The summed E-state index contributed by atoms with van der Waals surface area (Å²) in [5.74, 6) is -0.712. The van der Waals surface area contributed by atoms with Crippen LogP contribution in [0, 0.1) is 5.82 Å². The molecule has 1 aromatic heterocycles. The van der Waals surface area contributed by atoms with Crippen molar-refractivity contribution in [1.82, 2.24) is 4.98 Å². The number of nitrogens with zero attached hydrogens (tertiary/aromatic N) is 1. The Morgan fingerprint density at radius 3 is 2.52 bits per heavy atom. The lowest BCUT2D eigenvalue weighted by Crippen LogP contribution is -2.13. The molecule has 0 radical (unpaired) electrons. The average Bonchev–Trinajstić information content (AvgIpc) is 3.26. The van der Waals surface area contributed by atoms with Crippen LogP contribution in [0.2, 0.25) is 0 Å². The monoisotopic (exact) mass is 454 g/mol. The van der Waals surface area contributed by atoms with E-state index in [4.69, 9.17) is 4.74 Å². The summed E-state index contributed by atoms with van der Waals surface area (Å²) in [6.07, 6.45) is 0. The van der Waals surface area contributed by atoms with Crippen molar-refractivity contribution in [1.29, 1.82) is 0 Å². The van der Waals surface area contributed by atoms with Crippen LogP contribution < -0.4 is 9.46 Å². The first-order valence-electron chi connectivity index (χ1n) is 9.53. The van der Waals surface area contributed by atoms with E-state index < -0.39 is 15.8 Å². The van der Waals surface area contributed by atoms with Crippen molar-refractivity contribution < 1.29 is 17.5 Å². The molecule has 5 nitrogen and oxygen atoms in total. The Morgan fingerprint density at radius 1 is 1.00 bits per heavy atom. The summed E-state index contributed by atoms with van der Waals surface area (Å²) in [5.41, 5.74) is 2.91. The van der Waals surface area contributed by atoms with E-state index in [1.165, 1.54) is 23.5 Å². The molecule has 3 aromatic carbocycles. The summed E-state index contributed by atoms with van der Waals surface area (Å²) in [6, 6.07) is 20.3. The number of ether oxygens (including phenoxy) is 1. The number of halogens is 1. The topological polar surface area (TPSA) is 68.3 Å². The molecule has 1 heterocycles. The molecule has 31 heavy (non-hydrogen) atoms. The molecule has 0 aliphatic rings. The Labute approximate surface area is 184 Å². The van der Waals surface area contributed by atoms with Crippen molar-refractivity contribution in [3.8, 4) is 27.6 Å². The van der Waals surface area contributed by atoms with E-state index in [9.17, 15) is 12.8 Å². The lowest BCUT2D eigenvalue weighted by molar-refractivity contribution is 0.321. The van der Waals surface area contributed by atoms with Crippen LogP contribution in [-0.4, -0.2) is 20.0 Å². The predicted octanol–water partition coefficient (Wildman–Crippen LogP) is 5.82. The van der Waals surface area contributed by atoms with Gasteiger partial charge in [0.2, 0.25) is 0 Å². The number of thiazole rings is 1. The number of hydrogen-bond acceptors (Lipinski definition) is 5. The van der Waals surface area contributed by atoms with Gasteiger partial charge in [0.05, 0.1) is 17.2 Å². The third-order valence-electron chi connectivity index (χ3n) is 4.45. The third kappa shape index (κ3) is 4.76. The molecule has 4 aromatic rings. The zero-order valence-corrected chi connectivity index (χ0v) is 18.2. The largest absolute Gasteiger partial charge is 0.491 e. The standard InChI is InChI=1S/C23H19FN2O3S2/c1-2-29-22-12-11-19(14-20(22)24)31(27,28)26-18-10-6-9-17(13-18)21-15-30-23(25-21)16-7-4-3-5-8-16/h3-15,26H,2H2,1H3. The summed E-state index contributed by atoms with van der Waals surface area (Å²) in [6.45, 7) is 2.01. The first-order valence-corrected chi connectivity index (χ1v) is 11.9. The molecule has 0 spiro atoms. The molecular formula is C23H19FN2O3S2. The maximum absolute atomic E-state index is 14.1. The summed E-state index contributed by atoms with van der Waals surface area (Å²) in [4.78, 5) is 4.48. The fourth-order valence-electron chi connectivity index (χ4n) is 3.00. The minimum absolute atomic E-state index is 0.0150. The van der Waals surface area contributed by atoms with E-state index in [1.807, 2.05) is 41.8 Å². The van der Waals surface area contributed by atoms with Crippen molar-refractivity contribution in [3.05, 3.63) is 84.0 Å². The van der Waals surface area contributed by atoms with Crippen molar-refractivity contribution in [3.63, 3.8) is 0 Å². The maximum atomic E-state index is 14.1. The lowest BCUT2D eigenvalue weighted by atomic mass is 10.1. The molecule has 0 saturated carbocycles. The highest BCUT2D eigenvalue weighted by Gasteiger charge is 2.17. The van der Waals surface area contributed by atoms with Crippen molar-refractivity contribution in [2.24, 2.45) is 0 Å². The van der Waals surface area contributed by atoms with E-state index in [-0.39, 0.29) is 17.3 Å². The second kappa shape index (κ2) is 8.87. The van der Waals surface area contributed by atoms with Crippen LogP contribution in [0.25, 0.3) is 21.8 Å². The number of sulfonamides is 1. The number of benzene rings is 3. The van der Waals surface area contributed by atoms with E-state index >= 15 is 0 Å². The molecule has 0 saturated heterocycles. The van der Waals surface area contributed by atoms with Gasteiger partial charge in [-0.3, -0.25) is 4.72 Å². The van der Waals surface area contributed by atoms with Crippen molar-refractivity contribution >= 4 is 27.0 Å². The van der Waals surface area contributed by atoms with Crippen LogP contribution in [0.5, 0.6) is 5.75 Å². The quantitative estimate of drug-likeness (QED) is 0.382. The van der Waals surface area contributed by atoms with Gasteiger partial charge in [-0.1, -0.05) is 42.5 Å². The zero-order valence-electron chi connectivity index (χ0n) is 16.6. The molecule has 4 rings (SSSR count). The Hall–Kier alpha value is -3.23. The SMILES string of the molecule is CCOc1ccc(S(=O)(=O)Nc2cccc(-c3csc(-c4ccccc4)n3)c2)cc1F. The second-order valence-electron chi connectivity index (χ2n) is 6.62. The van der Waals surface area contributed by atoms with Gasteiger partial charge in [-0.2, -0.15) is 0 Å². The van der Waals surface area contributed by atoms with Gasteiger partial charge in [0.1, 0.15) is 5.01 Å². The molecule has 8 heteroatoms. The van der Waals surface area contributed by atoms with Gasteiger partial charge in [0.25, 0.3) is 10.0 Å². The van der Waals surface area contributed by atoms with E-state index in [0.29, 0.717) is 5.69 Å². The van der Waals surface area contributed by atoms with Crippen molar-refractivity contribution in [2.45, 2.75) is 11.8 Å². The Kier molecular flexibility index (Phi) is 6.01. The molecule has 0 aliphatic heterocycles. The molecule has 0 amide bonds. The summed E-state index contributed by atoms with van der Waals surface area (Å²) >= 11 is 1.52. The van der Waals surface area contributed by atoms with Gasteiger partial charge in [0, 0.05) is 22.2 Å². The molecule has 0 bridgehead atoms. The van der Waals surface area contributed by atoms with Gasteiger partial charge >= 0.3 is 0 Å². The average molecular weight is 455 g/mol. The molecule has 0 fully saturated rings. The number of nitrogens with one attached hydrogen (secondary N) is 1. The van der Waals surface area contributed by atoms with E-state index in [2.05, 4.69) is 9.71 Å². The molecular weight excluding hydrogens is 435 g/mol. The van der Waals surface area contributed by atoms with Gasteiger partial charge in [-0.15, -0.1) is 11.3 Å². The van der Waals surface area contributed by atoms with Crippen LogP contribution in [0.1, 0.15) is 6.92 Å². The molecule has 0 atom stereocenters. The molecule has 1 N–H and O–H groups in total. The van der Waals surface area contributed by atoms with Gasteiger partial charge in [-0.05, 0) is 37.3 Å².